The summed E-state index contributed by atoms with van der Waals surface area (Å²) in [6.45, 7) is 0. The van der Waals surface area contributed by atoms with Crippen molar-refractivity contribution in [2.24, 2.45) is 0 Å². The molecule has 138 valence electrons. The van der Waals surface area contributed by atoms with Crippen LogP contribution in [-0.4, -0.2) is 58.0 Å². The molecule has 0 aliphatic heterocycles. The first kappa shape index (κ1) is 17.1. The van der Waals surface area contributed by atoms with Gasteiger partial charge in [-0.15, -0.1) is 10.2 Å². The first-order valence-electron chi connectivity index (χ1n) is 8.04. The third kappa shape index (κ3) is 4.08. The minimum Gasteiger partial charge on any atom is -0.272 e. The maximum atomic E-state index is 12.1. The predicted molar refractivity (Wildman–Crippen MR) is 91.6 cm³/mol. The van der Waals surface area contributed by atoms with Crippen molar-refractivity contribution >= 4 is 23.6 Å². The molecule has 2 N–H and O–H groups in total. The fourth-order valence-electron chi connectivity index (χ4n) is 2.24. The van der Waals surface area contributed by atoms with Crippen molar-refractivity contribution in [2.75, 3.05) is 5.75 Å². The van der Waals surface area contributed by atoms with Crippen molar-refractivity contribution in [1.82, 2.24) is 51.3 Å². The molecule has 2 amide bonds. The minimum absolute atomic E-state index is 0.0889. The normalized spacial score (nSPS) is 13.3. The molecule has 1 aromatic carbocycles. The molecule has 0 radical (unpaired) electrons. The van der Waals surface area contributed by atoms with Crippen molar-refractivity contribution in [2.45, 2.75) is 24.0 Å². The van der Waals surface area contributed by atoms with Crippen molar-refractivity contribution in [3.63, 3.8) is 0 Å². The SMILES string of the molecule is O=C(CSc1nnnn1C1CC1)NNC(=O)c1ccc(-n2cnnn2)cc1. The maximum Gasteiger partial charge on any atom is 0.269 e. The van der Waals surface area contributed by atoms with E-state index in [0.29, 0.717) is 22.4 Å². The summed E-state index contributed by atoms with van der Waals surface area (Å²) in [4.78, 5) is 24.0. The van der Waals surface area contributed by atoms with Crippen LogP contribution in [0.1, 0.15) is 29.2 Å². The van der Waals surface area contributed by atoms with Crippen LogP contribution in [0.25, 0.3) is 5.69 Å². The van der Waals surface area contributed by atoms with Crippen LogP contribution >= 0.6 is 11.8 Å². The quantitative estimate of drug-likeness (QED) is 0.424. The second-order valence-corrected chi connectivity index (χ2v) is 6.67. The van der Waals surface area contributed by atoms with E-state index in [1.165, 1.54) is 22.8 Å². The topological polar surface area (TPSA) is 145 Å². The number of aromatic nitrogens is 8. The zero-order valence-electron chi connectivity index (χ0n) is 13.9. The van der Waals surface area contributed by atoms with E-state index in [-0.39, 0.29) is 11.7 Å². The minimum atomic E-state index is -0.431. The number of hydrogen-bond donors (Lipinski definition) is 2. The van der Waals surface area contributed by atoms with Gasteiger partial charge in [0.2, 0.25) is 11.1 Å². The van der Waals surface area contributed by atoms with E-state index in [0.717, 1.165) is 12.8 Å². The lowest BCUT2D eigenvalue weighted by atomic mass is 10.2. The number of benzene rings is 1. The summed E-state index contributed by atoms with van der Waals surface area (Å²) in [6.07, 6.45) is 3.55. The summed E-state index contributed by atoms with van der Waals surface area (Å²) in [7, 11) is 0. The van der Waals surface area contributed by atoms with E-state index < -0.39 is 5.91 Å². The zero-order chi connectivity index (χ0) is 18.6. The van der Waals surface area contributed by atoms with E-state index >= 15 is 0 Å². The molecule has 13 heteroatoms. The molecule has 3 aromatic rings. The lowest BCUT2D eigenvalue weighted by Gasteiger charge is -2.08. The lowest BCUT2D eigenvalue weighted by molar-refractivity contribution is -0.119. The van der Waals surface area contributed by atoms with Gasteiger partial charge in [-0.2, -0.15) is 0 Å². The van der Waals surface area contributed by atoms with Gasteiger partial charge < -0.3 is 0 Å². The van der Waals surface area contributed by atoms with Crippen LogP contribution in [0.5, 0.6) is 0 Å². The van der Waals surface area contributed by atoms with Crippen LogP contribution in [0, 0.1) is 0 Å². The van der Waals surface area contributed by atoms with Crippen LogP contribution in [0.3, 0.4) is 0 Å². The van der Waals surface area contributed by atoms with Gasteiger partial charge in [0.1, 0.15) is 6.33 Å². The molecule has 2 aromatic heterocycles. The highest BCUT2D eigenvalue weighted by Gasteiger charge is 2.28. The smallest absolute Gasteiger partial charge is 0.269 e. The molecule has 1 aliphatic rings. The number of carbonyl (C=O) groups is 2. The second kappa shape index (κ2) is 7.49. The number of rotatable bonds is 6. The number of hydrazine groups is 1. The standard InChI is InChI=1S/C14H14N10O2S/c25-12(7-27-14-18-20-22-24(14)11-5-6-11)16-17-13(26)9-1-3-10(4-2-9)23-8-15-19-21-23/h1-4,8,11H,5-7H2,(H,16,25)(H,17,26). The number of tetrazole rings is 2. The fraction of sp³-hybridized carbons (Fsp3) is 0.286. The van der Waals surface area contributed by atoms with Gasteiger partial charge in [0.15, 0.2) is 0 Å². The van der Waals surface area contributed by atoms with Gasteiger partial charge >= 0.3 is 0 Å². The number of nitrogens with zero attached hydrogens (tertiary/aromatic N) is 8. The summed E-state index contributed by atoms with van der Waals surface area (Å²) < 4.78 is 3.19. The maximum absolute atomic E-state index is 12.1. The van der Waals surface area contributed by atoms with Crippen molar-refractivity contribution in [1.29, 1.82) is 0 Å². The Morgan fingerprint density at radius 1 is 1.11 bits per heavy atom. The van der Waals surface area contributed by atoms with E-state index in [4.69, 9.17) is 0 Å². The Balaban J connectivity index is 1.26. The van der Waals surface area contributed by atoms with Crippen LogP contribution < -0.4 is 10.9 Å². The molecule has 2 heterocycles. The number of amides is 2. The molecular formula is C14H14N10O2S. The van der Waals surface area contributed by atoms with Gasteiger partial charge in [-0.1, -0.05) is 11.8 Å². The van der Waals surface area contributed by atoms with Gasteiger partial charge in [0, 0.05) is 5.56 Å². The lowest BCUT2D eigenvalue weighted by Crippen LogP contribution is -2.42. The molecule has 1 saturated carbocycles. The molecule has 1 aliphatic carbocycles. The predicted octanol–water partition coefficient (Wildman–Crippen LogP) is -0.463. The molecule has 0 unspecified atom stereocenters. The largest absolute Gasteiger partial charge is 0.272 e. The second-order valence-electron chi connectivity index (χ2n) is 5.73. The van der Waals surface area contributed by atoms with Gasteiger partial charge in [-0.25, -0.2) is 9.36 Å². The summed E-state index contributed by atoms with van der Waals surface area (Å²) in [5.74, 6) is -0.700. The number of nitrogens with one attached hydrogen (secondary N) is 2. The van der Waals surface area contributed by atoms with E-state index in [1.54, 1.807) is 28.9 Å². The first-order valence-corrected chi connectivity index (χ1v) is 9.02. The molecule has 4 rings (SSSR count). The molecule has 0 spiro atoms. The Hall–Kier alpha value is -3.35. The van der Waals surface area contributed by atoms with Crippen molar-refractivity contribution < 1.29 is 9.59 Å². The molecule has 12 nitrogen and oxygen atoms in total. The fourth-order valence-corrected chi connectivity index (χ4v) is 2.98. The number of thioether (sulfide) groups is 1. The summed E-state index contributed by atoms with van der Waals surface area (Å²) in [5, 5.41) is 22.9. The van der Waals surface area contributed by atoms with Crippen LogP contribution in [-0.2, 0) is 4.79 Å². The highest BCUT2D eigenvalue weighted by atomic mass is 32.2. The molecule has 1 fully saturated rings. The molecule has 27 heavy (non-hydrogen) atoms. The van der Waals surface area contributed by atoms with Gasteiger partial charge in [-0.3, -0.25) is 20.4 Å². The average Bonchev–Trinajstić information content (AvgIpc) is 3.20. The Labute approximate surface area is 156 Å². The first-order chi connectivity index (χ1) is 13.2. The average molecular weight is 386 g/mol. The zero-order valence-corrected chi connectivity index (χ0v) is 14.7. The van der Waals surface area contributed by atoms with Crippen LogP contribution in [0.4, 0.5) is 0 Å². The molecule has 0 bridgehead atoms. The number of carbonyl (C=O) groups excluding carboxylic acids is 2. The van der Waals surface area contributed by atoms with Gasteiger partial charge in [0.05, 0.1) is 17.5 Å². The molecule has 0 saturated heterocycles. The Kier molecular flexibility index (Phi) is 4.74. The Morgan fingerprint density at radius 3 is 2.63 bits per heavy atom. The van der Waals surface area contributed by atoms with E-state index in [9.17, 15) is 9.59 Å². The van der Waals surface area contributed by atoms with Crippen LogP contribution in [0.2, 0.25) is 0 Å². The summed E-state index contributed by atoms with van der Waals surface area (Å²) >= 11 is 1.22. The van der Waals surface area contributed by atoms with Gasteiger partial charge in [0.25, 0.3) is 5.91 Å². The third-order valence-electron chi connectivity index (χ3n) is 3.75. The number of hydrogen-bond acceptors (Lipinski definition) is 9. The van der Waals surface area contributed by atoms with Gasteiger partial charge in [-0.05, 0) is 58.0 Å². The third-order valence-corrected chi connectivity index (χ3v) is 4.68. The van der Waals surface area contributed by atoms with Crippen molar-refractivity contribution in [3.8, 4) is 5.69 Å². The van der Waals surface area contributed by atoms with E-state index in [2.05, 4.69) is 41.9 Å². The Bertz CT molecular complexity index is 935. The Morgan fingerprint density at radius 2 is 1.93 bits per heavy atom. The van der Waals surface area contributed by atoms with E-state index in [1.807, 2.05) is 0 Å². The van der Waals surface area contributed by atoms with Crippen LogP contribution in [0.15, 0.2) is 35.7 Å². The van der Waals surface area contributed by atoms with Crippen molar-refractivity contribution in [3.05, 3.63) is 36.2 Å². The highest BCUT2D eigenvalue weighted by Crippen LogP contribution is 2.36. The highest BCUT2D eigenvalue weighted by molar-refractivity contribution is 7.99. The monoisotopic (exact) mass is 386 g/mol. The molecular weight excluding hydrogens is 372 g/mol. The molecule has 0 atom stereocenters. The summed E-state index contributed by atoms with van der Waals surface area (Å²) in [6, 6.07) is 6.94. The summed E-state index contributed by atoms with van der Waals surface area (Å²) in [5.41, 5.74) is 5.85.